The number of morpholine rings is 1. The van der Waals surface area contributed by atoms with E-state index in [1.165, 1.54) is 0 Å². The molecular weight excluding hydrogens is 488 g/mol. The second-order valence-electron chi connectivity index (χ2n) is 9.60. The van der Waals surface area contributed by atoms with Gasteiger partial charge in [0, 0.05) is 62.1 Å². The van der Waals surface area contributed by atoms with E-state index in [9.17, 15) is 14.7 Å². The lowest BCUT2D eigenvalue weighted by Gasteiger charge is -2.26. The standard InChI is InChI=1S/C28H30N4O6/c1-36-9-2-10-38-18-3-4-21-17(13-18)14-22(29-21)28(35)32-6-5-19-20-15-23(27(34)31-7-11-37-12-8-31)30-26(20)25(33)16-24(19)32/h3-4,13-16,29-30,33H,2,5-12H2,1H3. The number of fused-ring (bicyclic) bond motifs is 4. The number of anilines is 1. The number of phenolic OH excluding ortho intramolecular Hbond substituents is 1. The molecule has 0 saturated carbocycles. The van der Waals surface area contributed by atoms with Gasteiger partial charge < -0.3 is 39.1 Å². The number of nitrogens with zero attached hydrogens (tertiary/aromatic N) is 2. The number of rotatable bonds is 7. The highest BCUT2D eigenvalue weighted by atomic mass is 16.5. The number of phenols is 1. The first kappa shape index (κ1) is 24.3. The minimum absolute atomic E-state index is 0.00591. The van der Waals surface area contributed by atoms with E-state index in [1.807, 2.05) is 24.3 Å². The first-order chi connectivity index (χ1) is 18.5. The SMILES string of the molecule is COCCCOc1ccc2[nH]c(C(=O)N3CCc4c3cc(O)c3[nH]c(C(=O)N5CCOCC5)cc43)cc2c1. The van der Waals surface area contributed by atoms with Gasteiger partial charge in [-0.05, 0) is 42.3 Å². The summed E-state index contributed by atoms with van der Waals surface area (Å²) in [6, 6.07) is 10.9. The van der Waals surface area contributed by atoms with Crippen molar-refractivity contribution in [3.8, 4) is 11.5 Å². The maximum Gasteiger partial charge on any atom is 0.274 e. The number of ether oxygens (including phenoxy) is 3. The van der Waals surface area contributed by atoms with E-state index in [1.54, 1.807) is 29.0 Å². The molecule has 2 aromatic heterocycles. The molecule has 1 fully saturated rings. The topological polar surface area (TPSA) is 120 Å². The van der Waals surface area contributed by atoms with Crippen LogP contribution < -0.4 is 9.64 Å². The zero-order chi connectivity index (χ0) is 26.2. The van der Waals surface area contributed by atoms with Crippen LogP contribution >= 0.6 is 0 Å². The predicted octanol–water partition coefficient (Wildman–Crippen LogP) is 3.45. The summed E-state index contributed by atoms with van der Waals surface area (Å²) < 4.78 is 16.2. The van der Waals surface area contributed by atoms with Crippen LogP contribution in [0.3, 0.4) is 0 Å². The molecule has 10 heteroatoms. The summed E-state index contributed by atoms with van der Waals surface area (Å²) in [5.41, 5.74) is 3.83. The molecule has 0 radical (unpaired) electrons. The second kappa shape index (κ2) is 10.0. The fourth-order valence-electron chi connectivity index (χ4n) is 5.29. The van der Waals surface area contributed by atoms with Crippen LogP contribution in [0, 0.1) is 0 Å². The summed E-state index contributed by atoms with van der Waals surface area (Å²) in [4.78, 5) is 36.3. The van der Waals surface area contributed by atoms with Crippen LogP contribution in [0.1, 0.15) is 33.0 Å². The smallest absolute Gasteiger partial charge is 0.274 e. The second-order valence-corrected chi connectivity index (χ2v) is 9.60. The Balaban J connectivity index is 1.26. The fraction of sp³-hybridized carbons (Fsp3) is 0.357. The maximum absolute atomic E-state index is 13.6. The van der Waals surface area contributed by atoms with Crippen molar-refractivity contribution < 1.29 is 28.9 Å². The van der Waals surface area contributed by atoms with Crippen LogP contribution in [0.2, 0.25) is 0 Å². The van der Waals surface area contributed by atoms with E-state index < -0.39 is 0 Å². The number of H-pyrrole nitrogens is 2. The molecule has 2 aliphatic heterocycles. The van der Waals surface area contributed by atoms with Gasteiger partial charge in [0.15, 0.2) is 0 Å². The Kier molecular flexibility index (Phi) is 6.42. The Hall–Kier alpha value is -4.02. The van der Waals surface area contributed by atoms with Crippen molar-refractivity contribution in [3.63, 3.8) is 0 Å². The van der Waals surface area contributed by atoms with Crippen molar-refractivity contribution >= 4 is 39.3 Å². The summed E-state index contributed by atoms with van der Waals surface area (Å²) in [7, 11) is 1.66. The van der Waals surface area contributed by atoms with Gasteiger partial charge in [0.05, 0.1) is 31.0 Å². The highest BCUT2D eigenvalue weighted by molar-refractivity contribution is 6.11. The van der Waals surface area contributed by atoms with E-state index in [2.05, 4.69) is 9.97 Å². The van der Waals surface area contributed by atoms with E-state index in [0.29, 0.717) is 75.1 Å². The number of benzene rings is 2. The van der Waals surface area contributed by atoms with Crippen LogP contribution in [0.25, 0.3) is 21.8 Å². The number of aromatic nitrogens is 2. The average Bonchev–Trinajstić information content (AvgIpc) is 3.67. The van der Waals surface area contributed by atoms with Crippen LogP contribution in [-0.4, -0.2) is 85.0 Å². The quantitative estimate of drug-likeness (QED) is 0.323. The van der Waals surface area contributed by atoms with Crippen molar-refractivity contribution in [2.75, 3.05) is 58.1 Å². The Bertz CT molecular complexity index is 1520. The molecule has 10 nitrogen and oxygen atoms in total. The molecule has 3 N–H and O–H groups in total. The summed E-state index contributed by atoms with van der Waals surface area (Å²) in [5.74, 6) is 0.442. The molecule has 0 spiro atoms. The van der Waals surface area contributed by atoms with Crippen LogP contribution in [0.15, 0.2) is 36.4 Å². The van der Waals surface area contributed by atoms with Gasteiger partial charge in [-0.25, -0.2) is 0 Å². The normalized spacial score (nSPS) is 15.4. The lowest BCUT2D eigenvalue weighted by Crippen LogP contribution is -2.40. The first-order valence-electron chi connectivity index (χ1n) is 12.8. The van der Waals surface area contributed by atoms with Gasteiger partial charge in [0.1, 0.15) is 22.9 Å². The minimum atomic E-state index is -0.179. The Morgan fingerprint density at radius 1 is 1.00 bits per heavy atom. The number of carbonyl (C=O) groups is 2. The zero-order valence-electron chi connectivity index (χ0n) is 21.2. The molecule has 0 aliphatic carbocycles. The van der Waals surface area contributed by atoms with Gasteiger partial charge in [0.2, 0.25) is 0 Å². The van der Waals surface area contributed by atoms with E-state index >= 15 is 0 Å². The molecule has 38 heavy (non-hydrogen) atoms. The molecule has 0 unspecified atom stereocenters. The molecule has 0 atom stereocenters. The number of hydrogen-bond acceptors (Lipinski definition) is 6. The summed E-state index contributed by atoms with van der Waals surface area (Å²) in [5, 5.41) is 12.5. The van der Waals surface area contributed by atoms with Crippen molar-refractivity contribution in [2.45, 2.75) is 12.8 Å². The zero-order valence-corrected chi connectivity index (χ0v) is 21.2. The number of aromatic amines is 2. The van der Waals surface area contributed by atoms with Gasteiger partial charge >= 0.3 is 0 Å². The maximum atomic E-state index is 13.6. The van der Waals surface area contributed by atoms with Gasteiger partial charge in [-0.3, -0.25) is 9.59 Å². The fourth-order valence-corrected chi connectivity index (χ4v) is 5.29. The molecule has 4 heterocycles. The Morgan fingerprint density at radius 3 is 2.63 bits per heavy atom. The largest absolute Gasteiger partial charge is 0.506 e. The molecule has 2 aliphatic rings. The van der Waals surface area contributed by atoms with Crippen molar-refractivity contribution in [3.05, 3.63) is 53.3 Å². The number of nitrogens with one attached hydrogen (secondary N) is 2. The highest BCUT2D eigenvalue weighted by Crippen LogP contribution is 2.40. The monoisotopic (exact) mass is 518 g/mol. The van der Waals surface area contributed by atoms with Gasteiger partial charge in [-0.2, -0.15) is 0 Å². The van der Waals surface area contributed by atoms with Gasteiger partial charge in [-0.15, -0.1) is 0 Å². The Morgan fingerprint density at radius 2 is 1.82 bits per heavy atom. The predicted molar refractivity (Wildman–Crippen MR) is 142 cm³/mol. The molecule has 198 valence electrons. The molecule has 2 amide bonds. The molecule has 4 aromatic rings. The number of carbonyl (C=O) groups excluding carboxylic acids is 2. The Labute approximate surface area is 219 Å². The third-order valence-corrected chi connectivity index (χ3v) is 7.22. The summed E-state index contributed by atoms with van der Waals surface area (Å²) in [6.07, 6.45) is 1.42. The van der Waals surface area contributed by atoms with E-state index in [4.69, 9.17) is 14.2 Å². The lowest BCUT2D eigenvalue weighted by molar-refractivity contribution is 0.0299. The first-order valence-corrected chi connectivity index (χ1v) is 12.8. The van der Waals surface area contributed by atoms with Crippen LogP contribution in [-0.2, 0) is 15.9 Å². The van der Waals surface area contributed by atoms with Crippen molar-refractivity contribution in [1.29, 1.82) is 0 Å². The van der Waals surface area contributed by atoms with E-state index in [-0.39, 0.29) is 17.6 Å². The number of methoxy groups -OCH3 is 1. The molecule has 0 bridgehead atoms. The molecular formula is C28H30N4O6. The molecule has 6 rings (SSSR count). The van der Waals surface area contributed by atoms with Crippen molar-refractivity contribution in [1.82, 2.24) is 14.9 Å². The molecule has 1 saturated heterocycles. The number of aromatic hydroxyl groups is 1. The summed E-state index contributed by atoms with van der Waals surface area (Å²) >= 11 is 0. The van der Waals surface area contributed by atoms with Crippen LogP contribution in [0.4, 0.5) is 5.69 Å². The third kappa shape index (κ3) is 4.35. The average molecular weight is 519 g/mol. The molecule has 2 aromatic carbocycles. The highest BCUT2D eigenvalue weighted by Gasteiger charge is 2.31. The van der Waals surface area contributed by atoms with E-state index in [0.717, 1.165) is 34.0 Å². The van der Waals surface area contributed by atoms with Gasteiger partial charge in [-0.1, -0.05) is 0 Å². The number of hydrogen-bond donors (Lipinski definition) is 3. The minimum Gasteiger partial charge on any atom is -0.506 e. The van der Waals surface area contributed by atoms with Gasteiger partial charge in [0.25, 0.3) is 11.8 Å². The van der Waals surface area contributed by atoms with Crippen molar-refractivity contribution in [2.24, 2.45) is 0 Å². The van der Waals surface area contributed by atoms with Crippen LogP contribution in [0.5, 0.6) is 11.5 Å². The lowest BCUT2D eigenvalue weighted by atomic mass is 10.1. The third-order valence-electron chi connectivity index (χ3n) is 7.22. The summed E-state index contributed by atoms with van der Waals surface area (Å²) in [6.45, 7) is 3.77. The number of amides is 2.